The number of anilines is 2. The number of carbonyl (C=O) groups excluding carboxylic acids is 1. The average Bonchev–Trinajstić information content (AvgIpc) is 3.25. The predicted molar refractivity (Wildman–Crippen MR) is 115 cm³/mol. The lowest BCUT2D eigenvalue weighted by molar-refractivity contribution is -0.165. The van der Waals surface area contributed by atoms with Gasteiger partial charge in [0.2, 0.25) is 5.95 Å². The van der Waals surface area contributed by atoms with E-state index in [4.69, 9.17) is 4.74 Å². The minimum atomic E-state index is -4.57. The summed E-state index contributed by atoms with van der Waals surface area (Å²) in [6.45, 7) is 4.12. The number of thiazole rings is 1. The number of nitrogens with zero attached hydrogens (tertiary/aromatic N) is 4. The molecule has 0 radical (unpaired) electrons. The first-order valence-corrected chi connectivity index (χ1v) is 10.8. The summed E-state index contributed by atoms with van der Waals surface area (Å²) < 4.78 is 43.9. The number of aromatic nitrogens is 3. The average molecular weight is 479 g/mol. The Hall–Kier alpha value is -3.09. The third-order valence-electron chi connectivity index (χ3n) is 5.04. The van der Waals surface area contributed by atoms with Gasteiger partial charge in [-0.2, -0.15) is 13.2 Å². The highest BCUT2D eigenvalue weighted by atomic mass is 32.1. The number of morpholine rings is 1. The number of aryl methyl sites for hydroxylation is 1. The molecule has 3 aromatic rings. The van der Waals surface area contributed by atoms with E-state index in [0.717, 1.165) is 23.4 Å². The van der Waals surface area contributed by atoms with Crippen molar-refractivity contribution >= 4 is 28.9 Å². The first-order valence-electron chi connectivity index (χ1n) is 9.97. The first kappa shape index (κ1) is 23.1. The molecule has 0 saturated carbocycles. The summed E-state index contributed by atoms with van der Waals surface area (Å²) in [6.07, 6.45) is -3.01. The molecular formula is C21H20F3N5O3S. The Labute approximate surface area is 191 Å². The molecule has 2 N–H and O–H groups in total. The maximum atomic E-state index is 12.9. The molecule has 3 heterocycles. The number of alkyl halides is 3. The van der Waals surface area contributed by atoms with Crippen LogP contribution in [0.2, 0.25) is 0 Å². The maximum Gasteiger partial charge on any atom is 0.433 e. The number of amides is 1. The van der Waals surface area contributed by atoms with Gasteiger partial charge in [-0.15, -0.1) is 11.3 Å². The van der Waals surface area contributed by atoms with Gasteiger partial charge in [0.05, 0.1) is 17.5 Å². The molecule has 1 fully saturated rings. The first-order chi connectivity index (χ1) is 15.6. The van der Waals surface area contributed by atoms with E-state index < -0.39 is 24.2 Å². The zero-order valence-electron chi connectivity index (χ0n) is 17.6. The minimum absolute atomic E-state index is 0.179. The van der Waals surface area contributed by atoms with Crippen molar-refractivity contribution in [2.45, 2.75) is 32.4 Å². The lowest BCUT2D eigenvalue weighted by Gasteiger charge is -2.36. The van der Waals surface area contributed by atoms with Gasteiger partial charge in [0.1, 0.15) is 5.69 Å². The van der Waals surface area contributed by atoms with Crippen molar-refractivity contribution < 1.29 is 27.8 Å². The van der Waals surface area contributed by atoms with E-state index in [1.807, 2.05) is 13.0 Å². The van der Waals surface area contributed by atoms with Crippen LogP contribution in [0.3, 0.4) is 0 Å². The Morgan fingerprint density at radius 3 is 2.85 bits per heavy atom. The number of aliphatic hydroxyl groups is 1. The molecule has 0 bridgehead atoms. The molecule has 33 heavy (non-hydrogen) atoms. The lowest BCUT2D eigenvalue weighted by Crippen LogP contribution is -2.52. The molecule has 1 aliphatic rings. The number of rotatable bonds is 4. The summed E-state index contributed by atoms with van der Waals surface area (Å²) in [5.41, 5.74) is 1.03. The summed E-state index contributed by atoms with van der Waals surface area (Å²) in [5, 5.41) is 12.9. The Balaban J connectivity index is 1.56. The minimum Gasteiger partial charge on any atom is -0.366 e. The second-order valence-corrected chi connectivity index (χ2v) is 8.54. The Morgan fingerprint density at radius 2 is 2.09 bits per heavy atom. The highest BCUT2D eigenvalue weighted by Gasteiger charge is 2.33. The van der Waals surface area contributed by atoms with Crippen molar-refractivity contribution in [2.75, 3.05) is 18.5 Å². The fourth-order valence-corrected chi connectivity index (χ4v) is 4.25. The standard InChI is InChI=1S/C21H20F3N5O3S/c1-11-7-13(9-14(8-11)27-20-25-4-3-16(28-20)21(22,23)24)15-10-26-17(33-15)18(30)29-5-6-32-19(31)12(29)2/h3-4,7-10,12,19,31H,5-6H2,1-2H3,(H,25,27,28). The van der Waals surface area contributed by atoms with E-state index in [2.05, 4.69) is 20.3 Å². The van der Waals surface area contributed by atoms with Crippen LogP contribution in [0.5, 0.6) is 0 Å². The van der Waals surface area contributed by atoms with Gasteiger partial charge < -0.3 is 20.1 Å². The zero-order chi connectivity index (χ0) is 23.8. The molecule has 1 amide bonds. The van der Waals surface area contributed by atoms with Crippen molar-refractivity contribution in [1.82, 2.24) is 19.9 Å². The van der Waals surface area contributed by atoms with Crippen LogP contribution in [-0.2, 0) is 10.9 Å². The summed E-state index contributed by atoms with van der Waals surface area (Å²) in [4.78, 5) is 26.7. The number of ether oxygens (including phenoxy) is 1. The van der Waals surface area contributed by atoms with E-state index in [1.165, 1.54) is 16.2 Å². The molecule has 12 heteroatoms. The number of aliphatic hydroxyl groups excluding tert-OH is 1. The Morgan fingerprint density at radius 1 is 1.30 bits per heavy atom. The van der Waals surface area contributed by atoms with Crippen molar-refractivity contribution in [3.63, 3.8) is 0 Å². The number of hydrogen-bond donors (Lipinski definition) is 2. The molecule has 2 aromatic heterocycles. The molecule has 0 spiro atoms. The second-order valence-electron chi connectivity index (χ2n) is 7.51. The van der Waals surface area contributed by atoms with Crippen LogP contribution in [0, 0.1) is 6.92 Å². The van der Waals surface area contributed by atoms with Gasteiger partial charge in [-0.25, -0.2) is 15.0 Å². The lowest BCUT2D eigenvalue weighted by atomic mass is 10.1. The van der Waals surface area contributed by atoms with Crippen LogP contribution in [-0.4, -0.2) is 56.3 Å². The van der Waals surface area contributed by atoms with E-state index in [0.29, 0.717) is 17.1 Å². The van der Waals surface area contributed by atoms with Gasteiger partial charge in [-0.05, 0) is 43.2 Å². The van der Waals surface area contributed by atoms with Crippen LogP contribution in [0.4, 0.5) is 24.8 Å². The number of hydrogen-bond acceptors (Lipinski definition) is 8. The second kappa shape index (κ2) is 9.04. The monoisotopic (exact) mass is 479 g/mol. The van der Waals surface area contributed by atoms with Crippen molar-refractivity contribution in [3.8, 4) is 10.4 Å². The number of benzene rings is 1. The summed E-state index contributed by atoms with van der Waals surface area (Å²) in [6, 6.07) is 5.65. The molecule has 2 unspecified atom stereocenters. The molecule has 0 aliphatic carbocycles. The quantitative estimate of drug-likeness (QED) is 0.586. The zero-order valence-corrected chi connectivity index (χ0v) is 18.4. The molecular weight excluding hydrogens is 459 g/mol. The summed E-state index contributed by atoms with van der Waals surface area (Å²) in [7, 11) is 0. The number of carbonyl (C=O) groups is 1. The number of nitrogens with one attached hydrogen (secondary N) is 1. The van der Waals surface area contributed by atoms with Crippen LogP contribution in [0.25, 0.3) is 10.4 Å². The van der Waals surface area contributed by atoms with Crippen LogP contribution < -0.4 is 5.32 Å². The fraction of sp³-hybridized carbons (Fsp3) is 0.333. The molecule has 1 saturated heterocycles. The SMILES string of the molecule is Cc1cc(Nc2nccc(C(F)(F)F)n2)cc(-c2cnc(C(=O)N3CCOC(O)C3C)s2)c1. The third kappa shape index (κ3) is 5.13. The molecule has 174 valence electrons. The smallest absolute Gasteiger partial charge is 0.366 e. The van der Waals surface area contributed by atoms with Crippen molar-refractivity contribution in [2.24, 2.45) is 0 Å². The van der Waals surface area contributed by atoms with Gasteiger partial charge in [0.25, 0.3) is 5.91 Å². The van der Waals surface area contributed by atoms with Gasteiger partial charge in [0, 0.05) is 24.6 Å². The van der Waals surface area contributed by atoms with E-state index in [1.54, 1.807) is 25.3 Å². The van der Waals surface area contributed by atoms with Crippen molar-refractivity contribution in [1.29, 1.82) is 0 Å². The van der Waals surface area contributed by atoms with Crippen LogP contribution >= 0.6 is 11.3 Å². The molecule has 4 rings (SSSR count). The summed E-state index contributed by atoms with van der Waals surface area (Å²) in [5.74, 6) is -0.481. The number of halogens is 3. The fourth-order valence-electron chi connectivity index (χ4n) is 3.39. The Bertz CT molecular complexity index is 1170. The summed E-state index contributed by atoms with van der Waals surface area (Å²) >= 11 is 1.19. The largest absolute Gasteiger partial charge is 0.433 e. The van der Waals surface area contributed by atoms with E-state index in [-0.39, 0.29) is 23.5 Å². The molecule has 8 nitrogen and oxygen atoms in total. The van der Waals surface area contributed by atoms with E-state index in [9.17, 15) is 23.1 Å². The molecule has 2 atom stereocenters. The maximum absolute atomic E-state index is 12.9. The van der Waals surface area contributed by atoms with Gasteiger partial charge in [0.15, 0.2) is 11.3 Å². The third-order valence-corrected chi connectivity index (χ3v) is 6.07. The Kier molecular flexibility index (Phi) is 6.32. The van der Waals surface area contributed by atoms with Gasteiger partial charge >= 0.3 is 6.18 Å². The van der Waals surface area contributed by atoms with Gasteiger partial charge in [-0.1, -0.05) is 6.07 Å². The highest BCUT2D eigenvalue weighted by Crippen LogP contribution is 2.32. The topological polar surface area (TPSA) is 100 Å². The van der Waals surface area contributed by atoms with Crippen LogP contribution in [0.1, 0.15) is 28.0 Å². The van der Waals surface area contributed by atoms with Crippen LogP contribution in [0.15, 0.2) is 36.7 Å². The van der Waals surface area contributed by atoms with E-state index >= 15 is 0 Å². The van der Waals surface area contributed by atoms with Gasteiger partial charge in [-0.3, -0.25) is 4.79 Å². The highest BCUT2D eigenvalue weighted by molar-refractivity contribution is 7.17. The molecule has 1 aliphatic heterocycles. The van der Waals surface area contributed by atoms with Crippen molar-refractivity contribution in [3.05, 3.63) is 52.9 Å². The normalized spacial score (nSPS) is 18.9. The molecule has 1 aromatic carbocycles. The predicted octanol–water partition coefficient (Wildman–Crippen LogP) is 3.85.